The molecule has 0 amide bonds. The van der Waals surface area contributed by atoms with Gasteiger partial charge in [0.05, 0.1) is 0 Å². The second kappa shape index (κ2) is 16.4. The summed E-state index contributed by atoms with van der Waals surface area (Å²) in [5.41, 5.74) is 6.18. The number of hydrogen-bond donors (Lipinski definition) is 1. The van der Waals surface area contributed by atoms with Gasteiger partial charge in [-0.15, -0.1) is 0 Å². The largest absolute Gasteiger partial charge is 0.399 e. The van der Waals surface area contributed by atoms with Gasteiger partial charge in [-0.3, -0.25) is 18.8 Å². The van der Waals surface area contributed by atoms with Crippen LogP contribution in [0.4, 0.5) is 24.5 Å². The molecule has 2 N–H and O–H groups in total. The van der Waals surface area contributed by atoms with Crippen LogP contribution in [0.15, 0.2) is 30.3 Å². The smallest absolute Gasteiger partial charge is 0.0313 e. The third-order valence-electron chi connectivity index (χ3n) is 0.800. The second-order valence-electron chi connectivity index (χ2n) is 1.41. The molecule has 0 aromatic heterocycles. The number of halogens is 4. The Morgan fingerprint density at radius 2 is 1.08 bits per heavy atom. The summed E-state index contributed by atoms with van der Waals surface area (Å²) in [6, 6.07) is 9.49. The fraction of sp³-hybridized carbons (Fsp3) is 0. The van der Waals surface area contributed by atoms with Crippen LogP contribution in [0, 0.1) is 0 Å². The minimum absolute atomic E-state index is 0. The number of nitrogens with two attached hydrogens (primary N) is 1. The molecule has 0 saturated heterocycles. The van der Waals surface area contributed by atoms with Gasteiger partial charge in [-0.25, -0.2) is 0 Å². The Bertz CT molecular complexity index is 149. The van der Waals surface area contributed by atoms with E-state index in [1.165, 1.54) is 0 Å². The van der Waals surface area contributed by atoms with E-state index in [0.717, 1.165) is 5.69 Å². The minimum atomic E-state index is 0. The molecular weight excluding hydrogens is 173 g/mol. The van der Waals surface area contributed by atoms with Gasteiger partial charge in [-0.05, 0) is 12.1 Å². The fourth-order valence-corrected chi connectivity index (χ4v) is 0.453. The first-order chi connectivity index (χ1) is 3.39. The molecule has 1 aromatic carbocycles. The molecular formula is C6H11BF4N. The molecule has 0 spiro atoms. The average molecular weight is 184 g/mol. The number of benzene rings is 1. The van der Waals surface area contributed by atoms with Gasteiger partial charge in [0.1, 0.15) is 0 Å². The predicted octanol–water partition coefficient (Wildman–Crippen LogP) is 1.50. The van der Waals surface area contributed by atoms with Crippen LogP contribution in [0.5, 0.6) is 0 Å². The Kier molecular flexibility index (Phi) is 42.2. The molecule has 1 nitrogen and oxygen atoms in total. The Morgan fingerprint density at radius 1 is 0.750 bits per heavy atom. The Hall–Kier alpha value is -1.20. The fourth-order valence-electron chi connectivity index (χ4n) is 0.453. The van der Waals surface area contributed by atoms with Gasteiger partial charge < -0.3 is 5.73 Å². The highest BCUT2D eigenvalue weighted by Crippen LogP contribution is 1.95. The van der Waals surface area contributed by atoms with Crippen molar-refractivity contribution >= 4 is 14.1 Å². The average Bonchev–Trinajstić information content (AvgIpc) is 1.69. The number of hydrogen-bond acceptors (Lipinski definition) is 1. The van der Waals surface area contributed by atoms with E-state index < -0.39 is 0 Å². The van der Waals surface area contributed by atoms with Crippen LogP contribution in [0.3, 0.4) is 0 Å². The van der Waals surface area contributed by atoms with E-state index in [9.17, 15) is 0 Å². The van der Waals surface area contributed by atoms with Crippen LogP contribution in [0.2, 0.25) is 0 Å². The Balaban J connectivity index is -0.0000000327. The molecule has 6 heteroatoms. The zero-order valence-electron chi connectivity index (χ0n) is 6.17. The zero-order chi connectivity index (χ0) is 5.11. The molecule has 0 aliphatic carbocycles. The molecule has 0 heterocycles. The molecule has 0 saturated carbocycles. The highest BCUT2D eigenvalue weighted by molar-refractivity contribution is 5.75. The van der Waals surface area contributed by atoms with Crippen molar-refractivity contribution in [2.45, 2.75) is 0 Å². The number of para-hydroxylation sites is 1. The maximum Gasteiger partial charge on any atom is 0.0313 e. The zero-order valence-corrected chi connectivity index (χ0v) is 6.17. The molecule has 12 heavy (non-hydrogen) atoms. The molecule has 0 atom stereocenters. The maximum absolute atomic E-state index is 5.36. The highest BCUT2D eigenvalue weighted by Gasteiger charge is 1.72. The van der Waals surface area contributed by atoms with Crippen molar-refractivity contribution in [2.24, 2.45) is 0 Å². The van der Waals surface area contributed by atoms with Crippen LogP contribution in [0.25, 0.3) is 0 Å². The molecule has 3 radical (unpaired) electrons. The third-order valence-corrected chi connectivity index (χ3v) is 0.800. The number of anilines is 1. The highest BCUT2D eigenvalue weighted by atomic mass is 19.0. The van der Waals surface area contributed by atoms with Crippen LogP contribution in [0.1, 0.15) is 0 Å². The number of nitrogen functional groups attached to an aromatic ring is 1. The SMILES string of the molecule is F.F.F.F.Nc1ccccc1.[B]. The van der Waals surface area contributed by atoms with Gasteiger partial charge in [0.2, 0.25) is 0 Å². The third kappa shape index (κ3) is 11.6. The summed E-state index contributed by atoms with van der Waals surface area (Å²) in [7, 11) is 0. The van der Waals surface area contributed by atoms with Crippen LogP contribution < -0.4 is 5.73 Å². The summed E-state index contributed by atoms with van der Waals surface area (Å²) in [4.78, 5) is 0. The van der Waals surface area contributed by atoms with Crippen LogP contribution in [-0.2, 0) is 0 Å². The molecule has 1 rings (SSSR count). The predicted molar refractivity (Wildman–Crippen MR) is 46.6 cm³/mol. The van der Waals surface area contributed by atoms with Crippen molar-refractivity contribution in [3.8, 4) is 0 Å². The Labute approximate surface area is 70.0 Å². The van der Waals surface area contributed by atoms with E-state index in [1.54, 1.807) is 0 Å². The van der Waals surface area contributed by atoms with Crippen LogP contribution >= 0.6 is 0 Å². The lowest BCUT2D eigenvalue weighted by molar-refractivity contribution is 1.11. The monoisotopic (exact) mass is 184 g/mol. The lowest BCUT2D eigenvalue weighted by Gasteiger charge is -1.83. The summed E-state index contributed by atoms with van der Waals surface area (Å²) in [6.07, 6.45) is 0. The molecule has 0 aliphatic heterocycles. The standard InChI is InChI=1S/C6H7N.B.4FH/c7-6-4-2-1-3-5-6;;;;;/h1-5H,7H2;;4*1H. The first-order valence-electron chi connectivity index (χ1n) is 2.20. The summed E-state index contributed by atoms with van der Waals surface area (Å²) >= 11 is 0. The molecule has 0 unspecified atom stereocenters. The summed E-state index contributed by atoms with van der Waals surface area (Å²) in [6.45, 7) is 0. The van der Waals surface area contributed by atoms with Crippen molar-refractivity contribution in [3.05, 3.63) is 30.3 Å². The second-order valence-corrected chi connectivity index (χ2v) is 1.41. The van der Waals surface area contributed by atoms with Crippen LogP contribution in [-0.4, -0.2) is 8.41 Å². The van der Waals surface area contributed by atoms with Gasteiger partial charge in [-0.1, -0.05) is 18.2 Å². The van der Waals surface area contributed by atoms with Gasteiger partial charge in [-0.2, -0.15) is 0 Å². The minimum Gasteiger partial charge on any atom is -0.399 e. The van der Waals surface area contributed by atoms with Crippen molar-refractivity contribution in [2.75, 3.05) is 5.73 Å². The summed E-state index contributed by atoms with van der Waals surface area (Å²) in [5.74, 6) is 0. The number of rotatable bonds is 0. The van der Waals surface area contributed by atoms with E-state index in [4.69, 9.17) is 5.73 Å². The molecule has 71 valence electrons. The summed E-state index contributed by atoms with van der Waals surface area (Å²) < 4.78 is 0. The van der Waals surface area contributed by atoms with Crippen molar-refractivity contribution in [1.29, 1.82) is 0 Å². The van der Waals surface area contributed by atoms with E-state index in [-0.39, 0.29) is 27.2 Å². The quantitative estimate of drug-likeness (QED) is 0.369. The van der Waals surface area contributed by atoms with Gasteiger partial charge in [0, 0.05) is 14.1 Å². The first-order valence-corrected chi connectivity index (χ1v) is 2.20. The molecule has 1 aromatic rings. The normalized spacial score (nSPS) is 5.00. The topological polar surface area (TPSA) is 26.0 Å². The van der Waals surface area contributed by atoms with Crippen molar-refractivity contribution < 1.29 is 18.8 Å². The molecule has 0 aliphatic rings. The molecule has 0 fully saturated rings. The van der Waals surface area contributed by atoms with E-state index >= 15 is 0 Å². The van der Waals surface area contributed by atoms with E-state index in [2.05, 4.69) is 0 Å². The Morgan fingerprint density at radius 3 is 1.25 bits per heavy atom. The van der Waals surface area contributed by atoms with Gasteiger partial charge in [0.15, 0.2) is 0 Å². The van der Waals surface area contributed by atoms with E-state index in [1.807, 2.05) is 30.3 Å². The van der Waals surface area contributed by atoms with Crippen molar-refractivity contribution in [3.63, 3.8) is 0 Å². The van der Waals surface area contributed by atoms with Gasteiger partial charge in [0.25, 0.3) is 0 Å². The lowest BCUT2D eigenvalue weighted by atomic mass is 10.3. The van der Waals surface area contributed by atoms with Crippen molar-refractivity contribution in [1.82, 2.24) is 0 Å². The summed E-state index contributed by atoms with van der Waals surface area (Å²) in [5, 5.41) is 0. The maximum atomic E-state index is 5.36. The molecule has 0 bridgehead atoms. The first kappa shape index (κ1) is 30.8. The lowest BCUT2D eigenvalue weighted by Crippen LogP contribution is -1.79. The van der Waals surface area contributed by atoms with E-state index in [0.29, 0.717) is 0 Å². The van der Waals surface area contributed by atoms with Gasteiger partial charge >= 0.3 is 0 Å².